The maximum Gasteiger partial charge on any atom is 0.417 e. The molecule has 0 bridgehead atoms. The van der Waals surface area contributed by atoms with E-state index in [2.05, 4.69) is 9.97 Å². The van der Waals surface area contributed by atoms with E-state index >= 15 is 0 Å². The second-order valence-electron chi connectivity index (χ2n) is 3.39. The van der Waals surface area contributed by atoms with Gasteiger partial charge >= 0.3 is 6.18 Å². The Labute approximate surface area is 95.1 Å². The Balaban J connectivity index is 2.60. The van der Waals surface area contributed by atoms with Crippen molar-refractivity contribution in [1.82, 2.24) is 9.97 Å². The van der Waals surface area contributed by atoms with Crippen molar-refractivity contribution in [1.29, 1.82) is 0 Å². The molecule has 0 radical (unpaired) electrons. The number of hydrogen-bond donors (Lipinski definition) is 1. The van der Waals surface area contributed by atoms with Gasteiger partial charge in [0.25, 0.3) is 0 Å². The number of aromatic nitrogens is 2. The molecule has 0 aliphatic heterocycles. The molecule has 0 saturated heterocycles. The summed E-state index contributed by atoms with van der Waals surface area (Å²) in [4.78, 5) is 7.55. The van der Waals surface area contributed by atoms with Gasteiger partial charge in [-0.25, -0.2) is 0 Å². The molecule has 0 aromatic carbocycles. The lowest BCUT2D eigenvalue weighted by molar-refractivity contribution is -0.137. The Kier molecular flexibility index (Phi) is 2.71. The molecular formula is C11H8F3N3. The normalized spacial score (nSPS) is 11.5. The van der Waals surface area contributed by atoms with Crippen LogP contribution in [0, 0.1) is 0 Å². The summed E-state index contributed by atoms with van der Waals surface area (Å²) in [6.45, 7) is 0. The average Bonchev–Trinajstić information content (AvgIpc) is 2.28. The SMILES string of the molecule is Nc1ccnc(-c2cnccc2C(F)(F)F)c1. The number of rotatable bonds is 1. The fourth-order valence-electron chi connectivity index (χ4n) is 1.44. The van der Waals surface area contributed by atoms with E-state index in [9.17, 15) is 13.2 Å². The van der Waals surface area contributed by atoms with Crippen molar-refractivity contribution in [2.45, 2.75) is 6.18 Å². The van der Waals surface area contributed by atoms with Gasteiger partial charge in [0.2, 0.25) is 0 Å². The average molecular weight is 239 g/mol. The van der Waals surface area contributed by atoms with Crippen LogP contribution in [0.1, 0.15) is 5.56 Å². The van der Waals surface area contributed by atoms with Gasteiger partial charge in [0.15, 0.2) is 0 Å². The smallest absolute Gasteiger partial charge is 0.399 e. The van der Waals surface area contributed by atoms with E-state index in [1.165, 1.54) is 18.3 Å². The molecule has 6 heteroatoms. The van der Waals surface area contributed by atoms with Crippen molar-refractivity contribution in [3.63, 3.8) is 0 Å². The summed E-state index contributed by atoms with van der Waals surface area (Å²) < 4.78 is 38.2. The summed E-state index contributed by atoms with van der Waals surface area (Å²) in [5.41, 5.74) is 5.18. The molecule has 88 valence electrons. The van der Waals surface area contributed by atoms with E-state index in [0.717, 1.165) is 18.5 Å². The van der Waals surface area contributed by atoms with E-state index in [0.29, 0.717) is 5.69 Å². The van der Waals surface area contributed by atoms with Gasteiger partial charge in [0, 0.05) is 29.8 Å². The first kappa shape index (κ1) is 11.4. The van der Waals surface area contributed by atoms with E-state index in [1.54, 1.807) is 0 Å². The van der Waals surface area contributed by atoms with E-state index < -0.39 is 11.7 Å². The third kappa shape index (κ3) is 2.35. The number of nitrogen functional groups attached to an aromatic ring is 1. The van der Waals surface area contributed by atoms with Crippen LogP contribution < -0.4 is 5.73 Å². The largest absolute Gasteiger partial charge is 0.417 e. The molecule has 0 spiro atoms. The van der Waals surface area contributed by atoms with Gasteiger partial charge < -0.3 is 5.73 Å². The molecule has 3 nitrogen and oxygen atoms in total. The molecule has 2 N–H and O–H groups in total. The van der Waals surface area contributed by atoms with Crippen LogP contribution in [-0.2, 0) is 6.18 Å². The molecule has 0 unspecified atom stereocenters. The number of hydrogen-bond acceptors (Lipinski definition) is 3. The first-order chi connectivity index (χ1) is 7.98. The van der Waals surface area contributed by atoms with Gasteiger partial charge in [0.1, 0.15) is 0 Å². The highest BCUT2D eigenvalue weighted by Crippen LogP contribution is 2.35. The number of halogens is 3. The minimum Gasteiger partial charge on any atom is -0.399 e. The summed E-state index contributed by atoms with van der Waals surface area (Å²) in [7, 11) is 0. The van der Waals surface area contributed by atoms with Crippen molar-refractivity contribution >= 4 is 5.69 Å². The lowest BCUT2D eigenvalue weighted by Crippen LogP contribution is -2.08. The van der Waals surface area contributed by atoms with Crippen LogP contribution in [0.25, 0.3) is 11.3 Å². The number of alkyl halides is 3. The number of nitrogens with zero attached hydrogens (tertiary/aromatic N) is 2. The van der Waals surface area contributed by atoms with Gasteiger partial charge in [-0.05, 0) is 18.2 Å². The minimum absolute atomic E-state index is 0.0766. The van der Waals surface area contributed by atoms with E-state index in [1.807, 2.05) is 0 Å². The van der Waals surface area contributed by atoms with Crippen molar-refractivity contribution in [3.05, 3.63) is 42.4 Å². The number of pyridine rings is 2. The van der Waals surface area contributed by atoms with Gasteiger partial charge in [-0.15, -0.1) is 0 Å². The first-order valence-electron chi connectivity index (χ1n) is 4.71. The molecule has 0 aliphatic carbocycles. The van der Waals surface area contributed by atoms with Crippen LogP contribution in [-0.4, -0.2) is 9.97 Å². The Morgan fingerprint density at radius 2 is 1.88 bits per heavy atom. The van der Waals surface area contributed by atoms with Crippen LogP contribution in [0.5, 0.6) is 0 Å². The molecule has 0 saturated carbocycles. The molecular weight excluding hydrogens is 231 g/mol. The zero-order valence-corrected chi connectivity index (χ0v) is 8.57. The molecule has 2 aromatic heterocycles. The predicted molar refractivity (Wildman–Crippen MR) is 56.9 cm³/mol. The van der Waals surface area contributed by atoms with Crippen LogP contribution in [0.15, 0.2) is 36.8 Å². The first-order valence-corrected chi connectivity index (χ1v) is 4.71. The molecule has 2 rings (SSSR count). The third-order valence-corrected chi connectivity index (χ3v) is 2.19. The Morgan fingerprint density at radius 1 is 1.12 bits per heavy atom. The zero-order valence-electron chi connectivity index (χ0n) is 8.57. The highest BCUT2D eigenvalue weighted by atomic mass is 19.4. The molecule has 2 aromatic rings. The lowest BCUT2D eigenvalue weighted by atomic mass is 10.1. The Hall–Kier alpha value is -2.11. The molecule has 0 aliphatic rings. The molecule has 17 heavy (non-hydrogen) atoms. The van der Waals surface area contributed by atoms with Crippen LogP contribution >= 0.6 is 0 Å². The van der Waals surface area contributed by atoms with Crippen LogP contribution in [0.3, 0.4) is 0 Å². The maximum atomic E-state index is 12.7. The second-order valence-corrected chi connectivity index (χ2v) is 3.39. The van der Waals surface area contributed by atoms with Gasteiger partial charge in [-0.2, -0.15) is 13.2 Å². The fraction of sp³-hybridized carbons (Fsp3) is 0.0909. The third-order valence-electron chi connectivity index (χ3n) is 2.19. The van der Waals surface area contributed by atoms with Crippen molar-refractivity contribution < 1.29 is 13.2 Å². The van der Waals surface area contributed by atoms with Crippen molar-refractivity contribution in [3.8, 4) is 11.3 Å². The van der Waals surface area contributed by atoms with E-state index in [-0.39, 0.29) is 11.3 Å². The quantitative estimate of drug-likeness (QED) is 0.832. The minimum atomic E-state index is -4.44. The summed E-state index contributed by atoms with van der Waals surface area (Å²) in [6.07, 6.45) is -0.856. The lowest BCUT2D eigenvalue weighted by Gasteiger charge is -2.11. The van der Waals surface area contributed by atoms with E-state index in [4.69, 9.17) is 5.73 Å². The van der Waals surface area contributed by atoms with Gasteiger partial charge in [-0.1, -0.05) is 0 Å². The second kappa shape index (κ2) is 4.04. The Bertz CT molecular complexity index is 537. The van der Waals surface area contributed by atoms with Crippen molar-refractivity contribution in [2.75, 3.05) is 5.73 Å². The monoisotopic (exact) mass is 239 g/mol. The summed E-state index contributed by atoms with van der Waals surface area (Å²) in [5, 5.41) is 0. The maximum absolute atomic E-state index is 12.7. The van der Waals surface area contributed by atoms with Gasteiger partial charge in [0.05, 0.1) is 11.3 Å². The molecule has 2 heterocycles. The number of anilines is 1. The topological polar surface area (TPSA) is 51.8 Å². The Morgan fingerprint density at radius 3 is 2.53 bits per heavy atom. The summed E-state index contributed by atoms with van der Waals surface area (Å²) in [6, 6.07) is 3.81. The summed E-state index contributed by atoms with van der Waals surface area (Å²) >= 11 is 0. The fourth-order valence-corrected chi connectivity index (χ4v) is 1.44. The summed E-state index contributed by atoms with van der Waals surface area (Å²) in [5.74, 6) is 0. The standard InChI is InChI=1S/C11H8F3N3/c12-11(13,14)9-2-3-16-6-8(9)10-5-7(15)1-4-17-10/h1-6H,(H2,15,17). The number of nitrogens with two attached hydrogens (primary N) is 1. The molecule has 0 fully saturated rings. The predicted octanol–water partition coefficient (Wildman–Crippen LogP) is 2.74. The highest BCUT2D eigenvalue weighted by Gasteiger charge is 2.33. The molecule has 0 atom stereocenters. The van der Waals surface area contributed by atoms with Crippen LogP contribution in [0.2, 0.25) is 0 Å². The highest BCUT2D eigenvalue weighted by molar-refractivity contribution is 5.66. The molecule has 0 amide bonds. The van der Waals surface area contributed by atoms with Crippen molar-refractivity contribution in [2.24, 2.45) is 0 Å². The van der Waals surface area contributed by atoms with Crippen LogP contribution in [0.4, 0.5) is 18.9 Å². The van der Waals surface area contributed by atoms with Gasteiger partial charge in [-0.3, -0.25) is 9.97 Å². The zero-order chi connectivity index (χ0) is 12.5.